The van der Waals surface area contributed by atoms with Crippen molar-refractivity contribution in [3.63, 3.8) is 0 Å². The van der Waals surface area contributed by atoms with Crippen molar-refractivity contribution in [2.45, 2.75) is 63.1 Å². The number of rotatable bonds is 5. The number of piperazine rings is 1. The summed E-state index contributed by atoms with van der Waals surface area (Å²) in [4.78, 5) is 8.28. The Hall–Kier alpha value is -1.68. The fourth-order valence-electron chi connectivity index (χ4n) is 6.25. The zero-order valence-electron chi connectivity index (χ0n) is 19.0. The Labute approximate surface area is 189 Å². The van der Waals surface area contributed by atoms with E-state index in [1.807, 2.05) is 0 Å². The molecule has 5 rings (SSSR count). The predicted molar refractivity (Wildman–Crippen MR) is 129 cm³/mol. The average molecular weight is 418 g/mol. The summed E-state index contributed by atoms with van der Waals surface area (Å²) >= 11 is 0. The molecule has 1 aliphatic carbocycles. The van der Waals surface area contributed by atoms with Gasteiger partial charge in [0.15, 0.2) is 0 Å². The molecular formula is C28H39N3. The number of likely N-dealkylation sites (tertiary alicyclic amines) is 1. The molecule has 0 unspecified atom stereocenters. The molecule has 0 N–H and O–H groups in total. The van der Waals surface area contributed by atoms with Crippen LogP contribution in [-0.4, -0.2) is 66.1 Å². The highest BCUT2D eigenvalue weighted by Crippen LogP contribution is 2.35. The quantitative estimate of drug-likeness (QED) is 0.678. The Balaban J connectivity index is 1.03. The summed E-state index contributed by atoms with van der Waals surface area (Å²) in [6.45, 7) is 8.75. The molecule has 3 nitrogen and oxygen atoms in total. The summed E-state index contributed by atoms with van der Waals surface area (Å²) in [5.41, 5.74) is 3.01. The maximum absolute atomic E-state index is 2.82. The fourth-order valence-corrected chi connectivity index (χ4v) is 6.25. The molecule has 2 aliphatic heterocycles. The first-order valence-corrected chi connectivity index (χ1v) is 12.6. The lowest BCUT2D eigenvalue weighted by Gasteiger charge is -2.46. The van der Waals surface area contributed by atoms with Crippen LogP contribution in [0.25, 0.3) is 0 Å². The summed E-state index contributed by atoms with van der Waals surface area (Å²) in [5.74, 6) is 0.791. The van der Waals surface area contributed by atoms with Gasteiger partial charge in [0.25, 0.3) is 0 Å². The van der Waals surface area contributed by atoms with E-state index in [-0.39, 0.29) is 0 Å². The first-order chi connectivity index (χ1) is 15.3. The van der Waals surface area contributed by atoms with Crippen LogP contribution in [0.4, 0.5) is 0 Å². The van der Waals surface area contributed by atoms with Gasteiger partial charge in [-0.15, -0.1) is 0 Å². The molecule has 166 valence electrons. The summed E-state index contributed by atoms with van der Waals surface area (Å²) in [6, 6.07) is 23.8. The first kappa shape index (κ1) is 21.2. The minimum absolute atomic E-state index is 0.791. The standard InChI is InChI=1S/C28H39N3/c1-3-7-24(8-4-1)23-29-17-15-28(16-18-29)31-21-19-30(20-22-31)27-13-11-26(12-14-27)25-9-5-2-6-10-25/h1-10,26-28H,11-23H2. The molecule has 2 heterocycles. The Morgan fingerprint density at radius 2 is 1.06 bits per heavy atom. The van der Waals surface area contributed by atoms with Crippen LogP contribution in [0.2, 0.25) is 0 Å². The lowest BCUT2D eigenvalue weighted by molar-refractivity contribution is 0.0324. The zero-order valence-corrected chi connectivity index (χ0v) is 19.0. The minimum Gasteiger partial charge on any atom is -0.299 e. The second kappa shape index (κ2) is 10.3. The van der Waals surface area contributed by atoms with E-state index in [1.54, 1.807) is 5.56 Å². The molecular weight excluding hydrogens is 378 g/mol. The Morgan fingerprint density at radius 1 is 0.548 bits per heavy atom. The van der Waals surface area contributed by atoms with E-state index >= 15 is 0 Å². The normalized spacial score (nSPS) is 27.4. The van der Waals surface area contributed by atoms with Gasteiger partial charge in [-0.2, -0.15) is 0 Å². The second-order valence-corrected chi connectivity index (χ2v) is 9.98. The van der Waals surface area contributed by atoms with Crippen molar-refractivity contribution in [3.05, 3.63) is 71.8 Å². The molecule has 31 heavy (non-hydrogen) atoms. The molecule has 0 atom stereocenters. The Morgan fingerprint density at radius 3 is 1.65 bits per heavy atom. The van der Waals surface area contributed by atoms with Crippen molar-refractivity contribution in [3.8, 4) is 0 Å². The van der Waals surface area contributed by atoms with Gasteiger partial charge >= 0.3 is 0 Å². The van der Waals surface area contributed by atoms with Crippen molar-refractivity contribution in [2.24, 2.45) is 0 Å². The summed E-state index contributed by atoms with van der Waals surface area (Å²) in [6.07, 6.45) is 8.20. The molecule has 3 fully saturated rings. The molecule has 0 amide bonds. The lowest BCUT2D eigenvalue weighted by Crippen LogP contribution is -2.55. The first-order valence-electron chi connectivity index (χ1n) is 12.6. The van der Waals surface area contributed by atoms with Gasteiger partial charge in [0, 0.05) is 44.8 Å². The molecule has 3 aliphatic rings. The van der Waals surface area contributed by atoms with Gasteiger partial charge in [-0.1, -0.05) is 60.7 Å². The fraction of sp³-hybridized carbons (Fsp3) is 0.571. The lowest BCUT2D eigenvalue weighted by atomic mass is 9.81. The van der Waals surface area contributed by atoms with E-state index in [2.05, 4.69) is 75.4 Å². The van der Waals surface area contributed by atoms with Gasteiger partial charge in [-0.3, -0.25) is 14.7 Å². The molecule has 1 saturated carbocycles. The maximum Gasteiger partial charge on any atom is 0.0233 e. The van der Waals surface area contributed by atoms with Gasteiger partial charge in [-0.25, -0.2) is 0 Å². The van der Waals surface area contributed by atoms with Crippen LogP contribution >= 0.6 is 0 Å². The van der Waals surface area contributed by atoms with Crippen molar-refractivity contribution in [2.75, 3.05) is 39.3 Å². The zero-order chi connectivity index (χ0) is 20.9. The third kappa shape index (κ3) is 5.39. The van der Waals surface area contributed by atoms with Crippen LogP contribution < -0.4 is 0 Å². The highest BCUT2D eigenvalue weighted by molar-refractivity contribution is 5.20. The average Bonchev–Trinajstić information content (AvgIpc) is 2.86. The smallest absolute Gasteiger partial charge is 0.0233 e. The van der Waals surface area contributed by atoms with Crippen molar-refractivity contribution >= 4 is 0 Å². The molecule has 0 bridgehead atoms. The maximum atomic E-state index is 2.82. The number of hydrogen-bond donors (Lipinski definition) is 0. The van der Waals surface area contributed by atoms with Gasteiger partial charge in [0.05, 0.1) is 0 Å². The predicted octanol–water partition coefficient (Wildman–Crippen LogP) is 5.00. The monoisotopic (exact) mass is 417 g/mol. The van der Waals surface area contributed by atoms with Crippen LogP contribution in [0.1, 0.15) is 55.6 Å². The van der Waals surface area contributed by atoms with Gasteiger partial charge < -0.3 is 0 Å². The Kier molecular flexibility index (Phi) is 7.03. The number of hydrogen-bond acceptors (Lipinski definition) is 3. The van der Waals surface area contributed by atoms with E-state index in [0.717, 1.165) is 24.5 Å². The van der Waals surface area contributed by atoms with Crippen LogP contribution in [0.15, 0.2) is 60.7 Å². The second-order valence-electron chi connectivity index (χ2n) is 9.98. The van der Waals surface area contributed by atoms with Crippen LogP contribution in [0.5, 0.6) is 0 Å². The van der Waals surface area contributed by atoms with Crippen molar-refractivity contribution < 1.29 is 0 Å². The van der Waals surface area contributed by atoms with E-state index in [4.69, 9.17) is 0 Å². The summed E-state index contributed by atoms with van der Waals surface area (Å²) in [5, 5.41) is 0. The van der Waals surface area contributed by atoms with Gasteiger partial charge in [0.2, 0.25) is 0 Å². The SMILES string of the molecule is c1ccc(CN2CCC(N3CCN(C4CCC(c5ccccc5)CC4)CC3)CC2)cc1. The highest BCUT2D eigenvalue weighted by Gasteiger charge is 2.31. The molecule has 0 aromatic heterocycles. The molecule has 2 saturated heterocycles. The van der Waals surface area contributed by atoms with Crippen LogP contribution in [0.3, 0.4) is 0 Å². The van der Waals surface area contributed by atoms with E-state index in [1.165, 1.54) is 83.4 Å². The van der Waals surface area contributed by atoms with E-state index < -0.39 is 0 Å². The minimum atomic E-state index is 0.791. The molecule has 2 aromatic carbocycles. The van der Waals surface area contributed by atoms with Gasteiger partial charge in [0.1, 0.15) is 0 Å². The summed E-state index contributed by atoms with van der Waals surface area (Å²) in [7, 11) is 0. The van der Waals surface area contributed by atoms with Crippen molar-refractivity contribution in [1.82, 2.24) is 14.7 Å². The third-order valence-corrected chi connectivity index (χ3v) is 8.16. The van der Waals surface area contributed by atoms with Crippen LogP contribution in [-0.2, 0) is 6.54 Å². The van der Waals surface area contributed by atoms with Gasteiger partial charge in [-0.05, 0) is 68.7 Å². The largest absolute Gasteiger partial charge is 0.299 e. The molecule has 2 aromatic rings. The number of piperidine rings is 1. The number of benzene rings is 2. The highest BCUT2D eigenvalue weighted by atomic mass is 15.3. The van der Waals surface area contributed by atoms with Crippen LogP contribution in [0, 0.1) is 0 Å². The van der Waals surface area contributed by atoms with E-state index in [0.29, 0.717) is 0 Å². The number of nitrogens with zero attached hydrogens (tertiary/aromatic N) is 3. The molecule has 3 heteroatoms. The van der Waals surface area contributed by atoms with Crippen molar-refractivity contribution in [1.29, 1.82) is 0 Å². The van der Waals surface area contributed by atoms with E-state index in [9.17, 15) is 0 Å². The topological polar surface area (TPSA) is 9.72 Å². The summed E-state index contributed by atoms with van der Waals surface area (Å²) < 4.78 is 0. The molecule has 0 spiro atoms. The molecule has 0 radical (unpaired) electrons. The third-order valence-electron chi connectivity index (χ3n) is 8.16. The Bertz CT molecular complexity index is 768.